The molecule has 0 saturated carbocycles. The summed E-state index contributed by atoms with van der Waals surface area (Å²) in [5, 5.41) is 11.8. The van der Waals surface area contributed by atoms with Crippen molar-refractivity contribution < 1.29 is 14.7 Å². The van der Waals surface area contributed by atoms with Gasteiger partial charge in [0.05, 0.1) is 5.92 Å². The van der Waals surface area contributed by atoms with Crippen LogP contribution in [0.25, 0.3) is 0 Å². The molecule has 4 heteroatoms. The molecule has 1 unspecified atom stereocenters. The summed E-state index contributed by atoms with van der Waals surface area (Å²) in [7, 11) is 0. The van der Waals surface area contributed by atoms with E-state index in [4.69, 9.17) is 5.11 Å². The Morgan fingerprint density at radius 2 is 1.76 bits per heavy atom. The monoisotopic (exact) mass is 291 g/mol. The van der Waals surface area contributed by atoms with Gasteiger partial charge >= 0.3 is 5.97 Å². The van der Waals surface area contributed by atoms with Gasteiger partial charge in [0.25, 0.3) is 5.91 Å². The van der Waals surface area contributed by atoms with E-state index in [1.165, 1.54) is 0 Å². The molecule has 21 heavy (non-hydrogen) atoms. The van der Waals surface area contributed by atoms with Crippen molar-refractivity contribution in [2.24, 2.45) is 5.92 Å². The Morgan fingerprint density at radius 3 is 2.19 bits per heavy atom. The Bertz CT molecular complexity index is 486. The first-order valence-electron chi connectivity index (χ1n) is 7.37. The standard InChI is InChI=1S/C17H25NO3/c1-5-6-13(16(20)21)11-18-15(19)12-7-9-14(10-8-12)17(2,3)4/h7-10,13H,5-6,11H2,1-4H3,(H,18,19)(H,20,21). The Labute approximate surface area is 126 Å². The van der Waals surface area contributed by atoms with Crippen LogP contribution in [0.1, 0.15) is 56.5 Å². The van der Waals surface area contributed by atoms with Crippen molar-refractivity contribution in [3.05, 3.63) is 35.4 Å². The van der Waals surface area contributed by atoms with E-state index in [1.54, 1.807) is 12.1 Å². The van der Waals surface area contributed by atoms with E-state index in [0.29, 0.717) is 12.0 Å². The van der Waals surface area contributed by atoms with Crippen molar-refractivity contribution in [1.82, 2.24) is 5.32 Å². The summed E-state index contributed by atoms with van der Waals surface area (Å²) in [6.45, 7) is 8.45. The number of hydrogen-bond donors (Lipinski definition) is 2. The highest BCUT2D eigenvalue weighted by Crippen LogP contribution is 2.22. The van der Waals surface area contributed by atoms with E-state index in [-0.39, 0.29) is 17.9 Å². The largest absolute Gasteiger partial charge is 0.481 e. The normalized spacial score (nSPS) is 12.8. The van der Waals surface area contributed by atoms with Gasteiger partial charge in [-0.15, -0.1) is 0 Å². The van der Waals surface area contributed by atoms with Crippen LogP contribution in [0.5, 0.6) is 0 Å². The second-order valence-electron chi connectivity index (χ2n) is 6.36. The van der Waals surface area contributed by atoms with Crippen molar-refractivity contribution in [3.8, 4) is 0 Å². The molecule has 0 aromatic heterocycles. The fourth-order valence-corrected chi connectivity index (χ4v) is 2.10. The molecule has 0 radical (unpaired) electrons. The maximum atomic E-state index is 12.0. The highest BCUT2D eigenvalue weighted by Gasteiger charge is 2.18. The SMILES string of the molecule is CCCC(CNC(=O)c1ccc(C(C)(C)C)cc1)C(=O)O. The van der Waals surface area contributed by atoms with Crippen molar-refractivity contribution >= 4 is 11.9 Å². The first-order valence-corrected chi connectivity index (χ1v) is 7.37. The smallest absolute Gasteiger partial charge is 0.308 e. The lowest BCUT2D eigenvalue weighted by Gasteiger charge is -2.19. The molecule has 1 aromatic rings. The number of amides is 1. The Morgan fingerprint density at radius 1 is 1.19 bits per heavy atom. The maximum Gasteiger partial charge on any atom is 0.308 e. The van der Waals surface area contributed by atoms with Gasteiger partial charge in [0.1, 0.15) is 0 Å². The summed E-state index contributed by atoms with van der Waals surface area (Å²) in [5.74, 6) is -1.61. The number of rotatable bonds is 6. The molecular formula is C17H25NO3. The zero-order valence-corrected chi connectivity index (χ0v) is 13.3. The van der Waals surface area contributed by atoms with Gasteiger partial charge in [-0.2, -0.15) is 0 Å². The Hall–Kier alpha value is -1.84. The molecule has 1 aromatic carbocycles. The molecule has 0 aliphatic carbocycles. The maximum absolute atomic E-state index is 12.0. The van der Waals surface area contributed by atoms with Crippen LogP contribution < -0.4 is 5.32 Å². The van der Waals surface area contributed by atoms with Gasteiger partial charge in [0.2, 0.25) is 0 Å². The molecule has 4 nitrogen and oxygen atoms in total. The minimum atomic E-state index is -0.861. The lowest BCUT2D eigenvalue weighted by atomic mass is 9.86. The number of nitrogens with one attached hydrogen (secondary N) is 1. The third-order valence-electron chi connectivity index (χ3n) is 3.51. The average molecular weight is 291 g/mol. The van der Waals surface area contributed by atoms with Crippen LogP contribution in [0.15, 0.2) is 24.3 Å². The summed E-state index contributed by atoms with van der Waals surface area (Å²) < 4.78 is 0. The number of carboxylic acid groups (broad SMARTS) is 1. The molecule has 2 N–H and O–H groups in total. The zero-order chi connectivity index (χ0) is 16.0. The van der Waals surface area contributed by atoms with Gasteiger partial charge in [-0.1, -0.05) is 46.2 Å². The molecule has 1 rings (SSSR count). The number of hydrogen-bond acceptors (Lipinski definition) is 2. The second kappa shape index (κ2) is 7.25. The molecule has 0 bridgehead atoms. The van der Waals surface area contributed by atoms with Crippen LogP contribution in [0.2, 0.25) is 0 Å². The van der Waals surface area contributed by atoms with Gasteiger partial charge in [-0.25, -0.2) is 0 Å². The molecule has 0 fully saturated rings. The number of benzene rings is 1. The van der Waals surface area contributed by atoms with Crippen LogP contribution in [0.3, 0.4) is 0 Å². The van der Waals surface area contributed by atoms with Gasteiger partial charge in [0, 0.05) is 12.1 Å². The van der Waals surface area contributed by atoms with E-state index >= 15 is 0 Å². The minimum absolute atomic E-state index is 0.0462. The Balaban J connectivity index is 2.65. The highest BCUT2D eigenvalue weighted by atomic mass is 16.4. The summed E-state index contributed by atoms with van der Waals surface area (Å²) in [6, 6.07) is 7.45. The van der Waals surface area contributed by atoms with E-state index in [0.717, 1.165) is 12.0 Å². The fraction of sp³-hybridized carbons (Fsp3) is 0.529. The topological polar surface area (TPSA) is 66.4 Å². The van der Waals surface area contributed by atoms with E-state index in [2.05, 4.69) is 26.1 Å². The van der Waals surface area contributed by atoms with Crippen LogP contribution in [-0.4, -0.2) is 23.5 Å². The predicted molar refractivity (Wildman–Crippen MR) is 83.5 cm³/mol. The summed E-state index contributed by atoms with van der Waals surface area (Å²) in [4.78, 5) is 23.1. The van der Waals surface area contributed by atoms with Crippen LogP contribution in [-0.2, 0) is 10.2 Å². The third kappa shape index (κ3) is 5.21. The van der Waals surface area contributed by atoms with Gasteiger partial charge in [-0.05, 0) is 29.5 Å². The number of carboxylic acids is 1. The van der Waals surface area contributed by atoms with Crippen LogP contribution in [0.4, 0.5) is 0 Å². The molecule has 0 heterocycles. The molecule has 1 atom stereocenters. The van der Waals surface area contributed by atoms with Gasteiger partial charge < -0.3 is 10.4 Å². The molecule has 116 valence electrons. The first kappa shape index (κ1) is 17.2. The number of carbonyl (C=O) groups excluding carboxylic acids is 1. The zero-order valence-electron chi connectivity index (χ0n) is 13.3. The molecule has 0 aliphatic heterocycles. The number of carbonyl (C=O) groups is 2. The summed E-state index contributed by atoms with van der Waals surface area (Å²) >= 11 is 0. The second-order valence-corrected chi connectivity index (χ2v) is 6.36. The van der Waals surface area contributed by atoms with Crippen LogP contribution in [0, 0.1) is 5.92 Å². The molecule has 0 aliphatic rings. The highest BCUT2D eigenvalue weighted by molar-refractivity contribution is 5.94. The van der Waals surface area contributed by atoms with Gasteiger partial charge in [-0.3, -0.25) is 9.59 Å². The van der Waals surface area contributed by atoms with Crippen molar-refractivity contribution in [3.63, 3.8) is 0 Å². The molecular weight excluding hydrogens is 266 g/mol. The summed E-state index contributed by atoms with van der Waals surface area (Å²) in [5.41, 5.74) is 1.77. The lowest BCUT2D eigenvalue weighted by Crippen LogP contribution is -2.32. The quantitative estimate of drug-likeness (QED) is 0.845. The van der Waals surface area contributed by atoms with Crippen molar-refractivity contribution in [2.45, 2.75) is 46.0 Å². The third-order valence-corrected chi connectivity index (χ3v) is 3.51. The molecule has 1 amide bonds. The van der Waals surface area contributed by atoms with Crippen molar-refractivity contribution in [1.29, 1.82) is 0 Å². The van der Waals surface area contributed by atoms with Crippen LogP contribution >= 0.6 is 0 Å². The summed E-state index contributed by atoms with van der Waals surface area (Å²) in [6.07, 6.45) is 1.35. The van der Waals surface area contributed by atoms with Gasteiger partial charge in [0.15, 0.2) is 0 Å². The predicted octanol–water partition coefficient (Wildman–Crippen LogP) is 3.21. The van der Waals surface area contributed by atoms with E-state index in [1.807, 2.05) is 19.1 Å². The minimum Gasteiger partial charge on any atom is -0.481 e. The fourth-order valence-electron chi connectivity index (χ4n) is 2.10. The first-order chi connectivity index (χ1) is 9.75. The lowest BCUT2D eigenvalue weighted by molar-refractivity contribution is -0.141. The van der Waals surface area contributed by atoms with E-state index in [9.17, 15) is 9.59 Å². The average Bonchev–Trinajstić information content (AvgIpc) is 2.42. The number of aliphatic carboxylic acids is 1. The van der Waals surface area contributed by atoms with E-state index < -0.39 is 11.9 Å². The Kier molecular flexibility index (Phi) is 5.94. The molecule has 0 spiro atoms. The van der Waals surface area contributed by atoms with Crippen molar-refractivity contribution in [2.75, 3.05) is 6.54 Å². The molecule has 0 saturated heterocycles.